The van der Waals surface area contributed by atoms with Crippen molar-refractivity contribution in [1.82, 2.24) is 4.90 Å². The summed E-state index contributed by atoms with van der Waals surface area (Å²) in [5, 5.41) is 10.5. The van der Waals surface area contributed by atoms with E-state index in [4.69, 9.17) is 9.47 Å². The van der Waals surface area contributed by atoms with E-state index in [9.17, 15) is 19.1 Å². The van der Waals surface area contributed by atoms with Crippen molar-refractivity contribution in [2.75, 3.05) is 6.61 Å². The Kier molecular flexibility index (Phi) is 7.64. The second-order valence-electron chi connectivity index (χ2n) is 12.4. The first kappa shape index (κ1) is 29.7. The topological polar surface area (TPSA) is 76.1 Å². The molecule has 0 bridgehead atoms. The van der Waals surface area contributed by atoms with Crippen LogP contribution in [0.3, 0.4) is 0 Å². The van der Waals surface area contributed by atoms with Crippen molar-refractivity contribution in [3.8, 4) is 16.9 Å². The third-order valence-corrected chi connectivity index (χ3v) is 8.40. The Bertz CT molecular complexity index is 1620. The van der Waals surface area contributed by atoms with Gasteiger partial charge in [-0.25, -0.2) is 13.6 Å². The molecule has 222 valence electrons. The number of amides is 1. The van der Waals surface area contributed by atoms with Gasteiger partial charge in [-0.1, -0.05) is 6.07 Å². The molecule has 1 N–H and O–H groups in total. The van der Waals surface area contributed by atoms with Gasteiger partial charge in [0.2, 0.25) is 0 Å². The predicted octanol–water partition coefficient (Wildman–Crippen LogP) is 7.29. The summed E-state index contributed by atoms with van der Waals surface area (Å²) in [6, 6.07) is 5.58. The quantitative estimate of drug-likeness (QED) is 0.345. The molecule has 3 aromatic carbocycles. The molecular formula is C34H37F2NO5. The molecule has 2 aliphatic rings. The van der Waals surface area contributed by atoms with E-state index in [-0.39, 0.29) is 30.3 Å². The summed E-state index contributed by atoms with van der Waals surface area (Å²) >= 11 is 0. The number of ether oxygens (including phenoxy) is 2. The molecule has 1 atom stereocenters. The first-order chi connectivity index (χ1) is 19.7. The minimum atomic E-state index is -1.34. The van der Waals surface area contributed by atoms with Gasteiger partial charge in [0.05, 0.1) is 12.2 Å². The third kappa shape index (κ3) is 5.17. The number of hydrogen-bond acceptors (Lipinski definition) is 4. The molecule has 0 unspecified atom stereocenters. The first-order valence-corrected chi connectivity index (χ1v) is 14.3. The molecule has 0 radical (unpaired) electrons. The standard InChI is InChI=1S/C34H37F2NO5/c1-17-10-11-21(35)13-23(17)32(38)37-15-25-19(3)28(24-14-27(36)30-22(18(24)2)9-8-12-41-30)29(20(4)26(25)16-37)31(33(39)40)42-34(5,6)7/h10-11,13-14,31H,8-9,12,15-16H2,1-7H3,(H,39,40)/t31-/m0/s1. The highest BCUT2D eigenvalue weighted by atomic mass is 19.1. The minimum Gasteiger partial charge on any atom is -0.490 e. The summed E-state index contributed by atoms with van der Waals surface area (Å²) in [5.41, 5.74) is 6.56. The molecule has 0 fully saturated rings. The second-order valence-corrected chi connectivity index (χ2v) is 12.4. The van der Waals surface area contributed by atoms with Crippen molar-refractivity contribution in [3.05, 3.63) is 86.0 Å². The van der Waals surface area contributed by atoms with Gasteiger partial charge < -0.3 is 19.5 Å². The third-order valence-electron chi connectivity index (χ3n) is 8.40. The molecule has 2 heterocycles. The molecule has 42 heavy (non-hydrogen) atoms. The molecule has 3 aromatic rings. The van der Waals surface area contributed by atoms with Gasteiger partial charge in [0, 0.05) is 29.8 Å². The van der Waals surface area contributed by atoms with Crippen molar-refractivity contribution in [1.29, 1.82) is 0 Å². The van der Waals surface area contributed by atoms with Gasteiger partial charge in [-0.05, 0) is 124 Å². The van der Waals surface area contributed by atoms with Crippen LogP contribution in [0, 0.1) is 39.3 Å². The van der Waals surface area contributed by atoms with E-state index in [2.05, 4.69) is 0 Å². The highest BCUT2D eigenvalue weighted by Gasteiger charge is 2.37. The normalized spacial score (nSPS) is 15.2. The van der Waals surface area contributed by atoms with Crippen molar-refractivity contribution in [3.63, 3.8) is 0 Å². The molecule has 1 amide bonds. The maximum absolute atomic E-state index is 15.5. The van der Waals surface area contributed by atoms with Gasteiger partial charge in [-0.3, -0.25) is 4.79 Å². The van der Waals surface area contributed by atoms with E-state index in [0.29, 0.717) is 40.8 Å². The number of aliphatic carboxylic acids is 1. The summed E-state index contributed by atoms with van der Waals surface area (Å²) in [5.74, 6) is -2.19. The zero-order valence-electron chi connectivity index (χ0n) is 25.2. The van der Waals surface area contributed by atoms with Gasteiger partial charge in [0.25, 0.3) is 5.91 Å². The number of benzene rings is 3. The fraction of sp³-hybridized carbons (Fsp3) is 0.412. The molecular weight excluding hydrogens is 540 g/mol. The Morgan fingerprint density at radius 1 is 0.976 bits per heavy atom. The minimum absolute atomic E-state index is 0.233. The molecule has 0 saturated heterocycles. The number of fused-ring (bicyclic) bond motifs is 2. The van der Waals surface area contributed by atoms with E-state index in [0.717, 1.165) is 34.2 Å². The SMILES string of the molecule is Cc1ccc(F)cc1C(=O)N1Cc2c(C)c(-c3cc(F)c4c(c3C)CCCO4)c([C@H](OC(C)(C)C)C(=O)O)c(C)c2C1. The lowest BCUT2D eigenvalue weighted by Gasteiger charge is -2.31. The van der Waals surface area contributed by atoms with E-state index in [1.54, 1.807) is 38.7 Å². The molecule has 6 nitrogen and oxygen atoms in total. The van der Waals surface area contributed by atoms with Crippen molar-refractivity contribution in [2.24, 2.45) is 0 Å². The number of carboxylic acids is 1. The molecule has 0 spiro atoms. The van der Waals surface area contributed by atoms with Gasteiger partial charge in [-0.2, -0.15) is 0 Å². The van der Waals surface area contributed by atoms with Crippen LogP contribution < -0.4 is 4.74 Å². The number of carbonyl (C=O) groups excluding carboxylic acids is 1. The Morgan fingerprint density at radius 3 is 2.29 bits per heavy atom. The summed E-state index contributed by atoms with van der Waals surface area (Å²) in [6.45, 7) is 13.7. The number of hydrogen-bond donors (Lipinski definition) is 1. The Morgan fingerprint density at radius 2 is 1.64 bits per heavy atom. The smallest absolute Gasteiger partial charge is 0.337 e. The average Bonchev–Trinajstić information content (AvgIpc) is 3.38. The van der Waals surface area contributed by atoms with Gasteiger partial charge >= 0.3 is 5.97 Å². The number of nitrogens with zero attached hydrogens (tertiary/aromatic N) is 1. The summed E-state index contributed by atoms with van der Waals surface area (Å²) < 4.78 is 41.5. The first-order valence-electron chi connectivity index (χ1n) is 14.3. The molecule has 0 aliphatic carbocycles. The molecule has 5 rings (SSSR count). The number of carbonyl (C=O) groups is 2. The zero-order chi connectivity index (χ0) is 30.7. The van der Waals surface area contributed by atoms with Crippen LogP contribution in [0.5, 0.6) is 5.75 Å². The van der Waals surface area contributed by atoms with E-state index in [1.807, 2.05) is 20.8 Å². The average molecular weight is 578 g/mol. The maximum atomic E-state index is 15.5. The van der Waals surface area contributed by atoms with E-state index in [1.165, 1.54) is 18.2 Å². The van der Waals surface area contributed by atoms with E-state index >= 15 is 4.39 Å². The van der Waals surface area contributed by atoms with Crippen molar-refractivity contribution < 1.29 is 33.0 Å². The van der Waals surface area contributed by atoms with Gasteiger partial charge in [0.1, 0.15) is 5.82 Å². The zero-order valence-corrected chi connectivity index (χ0v) is 25.2. The van der Waals surface area contributed by atoms with Crippen LogP contribution in [0.25, 0.3) is 11.1 Å². The number of halogens is 2. The molecule has 2 aliphatic heterocycles. The monoisotopic (exact) mass is 577 g/mol. The number of carboxylic acid groups (broad SMARTS) is 1. The number of rotatable bonds is 5. The largest absolute Gasteiger partial charge is 0.490 e. The maximum Gasteiger partial charge on any atom is 0.337 e. The van der Waals surface area contributed by atoms with Crippen LogP contribution in [-0.4, -0.2) is 34.1 Å². The molecule has 0 saturated carbocycles. The Hall–Kier alpha value is -3.78. The van der Waals surface area contributed by atoms with Gasteiger partial charge in [-0.15, -0.1) is 0 Å². The number of aryl methyl sites for hydroxylation is 1. The van der Waals surface area contributed by atoms with Crippen LogP contribution in [0.2, 0.25) is 0 Å². The van der Waals surface area contributed by atoms with Crippen LogP contribution in [-0.2, 0) is 29.0 Å². The van der Waals surface area contributed by atoms with Crippen LogP contribution in [0.4, 0.5) is 8.78 Å². The lowest BCUT2D eigenvalue weighted by atomic mass is 9.81. The summed E-state index contributed by atoms with van der Waals surface area (Å²) in [6.07, 6.45) is 0.0714. The summed E-state index contributed by atoms with van der Waals surface area (Å²) in [4.78, 5) is 28.1. The fourth-order valence-corrected chi connectivity index (χ4v) is 6.34. The second kappa shape index (κ2) is 10.8. The lowest BCUT2D eigenvalue weighted by molar-refractivity contribution is -0.160. The van der Waals surface area contributed by atoms with Crippen LogP contribution in [0.15, 0.2) is 24.3 Å². The Balaban J connectivity index is 1.74. The van der Waals surface area contributed by atoms with Crippen LogP contribution >= 0.6 is 0 Å². The molecule has 8 heteroatoms. The highest BCUT2D eigenvalue weighted by molar-refractivity contribution is 5.96. The lowest BCUT2D eigenvalue weighted by Crippen LogP contribution is -2.29. The summed E-state index contributed by atoms with van der Waals surface area (Å²) in [7, 11) is 0. The van der Waals surface area contributed by atoms with Crippen molar-refractivity contribution >= 4 is 11.9 Å². The van der Waals surface area contributed by atoms with Crippen molar-refractivity contribution in [2.45, 2.75) is 86.1 Å². The van der Waals surface area contributed by atoms with E-state index < -0.39 is 29.3 Å². The fourth-order valence-electron chi connectivity index (χ4n) is 6.34. The molecule has 0 aromatic heterocycles. The van der Waals surface area contributed by atoms with Gasteiger partial charge in [0.15, 0.2) is 17.7 Å². The predicted molar refractivity (Wildman–Crippen MR) is 156 cm³/mol. The van der Waals surface area contributed by atoms with Crippen LogP contribution in [0.1, 0.15) is 88.2 Å². The highest BCUT2D eigenvalue weighted by Crippen LogP contribution is 2.47. The Labute approximate surface area is 245 Å².